The van der Waals surface area contributed by atoms with Crippen LogP contribution >= 0.6 is 0 Å². The normalized spacial score (nSPS) is 10.3. The van der Waals surface area contributed by atoms with Crippen molar-refractivity contribution in [3.8, 4) is 22.9 Å². The minimum Gasteiger partial charge on any atom is -0.497 e. The summed E-state index contributed by atoms with van der Waals surface area (Å²) in [6, 6.07) is 7.16. The summed E-state index contributed by atoms with van der Waals surface area (Å²) in [7, 11) is 4.78. The third-order valence-electron chi connectivity index (χ3n) is 2.87. The van der Waals surface area contributed by atoms with Crippen LogP contribution in [0.15, 0.2) is 24.3 Å². The van der Waals surface area contributed by atoms with Crippen LogP contribution in [0.2, 0.25) is 0 Å². The lowest BCUT2D eigenvalue weighted by Crippen LogP contribution is -2.11. The van der Waals surface area contributed by atoms with E-state index in [0.717, 1.165) is 5.56 Å². The SMILES string of the molecule is COCc1cc(NN)nc(-c2ccc(OC)cc2OC)n1. The number of aromatic nitrogens is 2. The molecule has 0 bridgehead atoms. The minimum atomic E-state index is 0.364. The summed E-state index contributed by atoms with van der Waals surface area (Å²) >= 11 is 0. The third-order valence-corrected chi connectivity index (χ3v) is 2.87. The van der Waals surface area contributed by atoms with Crippen LogP contribution in [-0.2, 0) is 11.3 Å². The van der Waals surface area contributed by atoms with Gasteiger partial charge in [0.05, 0.1) is 32.1 Å². The van der Waals surface area contributed by atoms with Gasteiger partial charge in [-0.2, -0.15) is 0 Å². The Bertz CT molecular complexity index is 619. The quantitative estimate of drug-likeness (QED) is 0.616. The molecule has 7 nitrogen and oxygen atoms in total. The van der Waals surface area contributed by atoms with Crippen molar-refractivity contribution in [2.45, 2.75) is 6.61 Å². The number of ether oxygens (including phenoxy) is 3. The molecule has 0 aliphatic heterocycles. The van der Waals surface area contributed by atoms with E-state index < -0.39 is 0 Å². The van der Waals surface area contributed by atoms with Gasteiger partial charge in [-0.1, -0.05) is 0 Å². The fourth-order valence-electron chi connectivity index (χ4n) is 1.90. The van der Waals surface area contributed by atoms with Gasteiger partial charge in [0.1, 0.15) is 17.3 Å². The van der Waals surface area contributed by atoms with E-state index in [9.17, 15) is 0 Å². The molecule has 3 N–H and O–H groups in total. The van der Waals surface area contributed by atoms with Crippen LogP contribution in [0.25, 0.3) is 11.4 Å². The number of hydrazine groups is 1. The largest absolute Gasteiger partial charge is 0.497 e. The summed E-state index contributed by atoms with van der Waals surface area (Å²) in [4.78, 5) is 8.80. The van der Waals surface area contributed by atoms with Crippen LogP contribution in [0.3, 0.4) is 0 Å². The van der Waals surface area contributed by atoms with Crippen molar-refractivity contribution in [1.82, 2.24) is 9.97 Å². The number of rotatable bonds is 6. The van der Waals surface area contributed by atoms with Crippen LogP contribution in [0.5, 0.6) is 11.5 Å². The van der Waals surface area contributed by atoms with E-state index in [1.807, 2.05) is 12.1 Å². The highest BCUT2D eigenvalue weighted by Crippen LogP contribution is 2.31. The zero-order chi connectivity index (χ0) is 15.2. The third kappa shape index (κ3) is 3.39. The predicted octanol–water partition coefficient (Wildman–Crippen LogP) is 1.59. The molecule has 2 aromatic rings. The number of nitrogens with zero attached hydrogens (tertiary/aromatic N) is 2. The van der Waals surface area contributed by atoms with E-state index in [1.54, 1.807) is 33.5 Å². The molecule has 0 unspecified atom stereocenters. The van der Waals surface area contributed by atoms with Gasteiger partial charge in [0.2, 0.25) is 0 Å². The zero-order valence-corrected chi connectivity index (χ0v) is 12.2. The van der Waals surface area contributed by atoms with Crippen LogP contribution < -0.4 is 20.7 Å². The molecule has 7 heteroatoms. The number of hydrogen-bond donors (Lipinski definition) is 2. The molecule has 0 spiro atoms. The Kier molecular flexibility index (Phi) is 4.91. The maximum absolute atomic E-state index is 5.45. The van der Waals surface area contributed by atoms with Gasteiger partial charge >= 0.3 is 0 Å². The Labute approximate surface area is 123 Å². The van der Waals surface area contributed by atoms with Crippen LogP contribution in [0.4, 0.5) is 5.82 Å². The molecular weight excluding hydrogens is 272 g/mol. The van der Waals surface area contributed by atoms with E-state index in [4.69, 9.17) is 20.1 Å². The average Bonchev–Trinajstić information content (AvgIpc) is 2.54. The second-order valence-corrected chi connectivity index (χ2v) is 4.21. The number of nitrogen functional groups attached to an aromatic ring is 1. The second kappa shape index (κ2) is 6.87. The van der Waals surface area contributed by atoms with E-state index in [2.05, 4.69) is 15.4 Å². The Morgan fingerprint density at radius 1 is 1.10 bits per heavy atom. The first-order chi connectivity index (χ1) is 10.2. The predicted molar refractivity (Wildman–Crippen MR) is 79.1 cm³/mol. The van der Waals surface area contributed by atoms with Crippen molar-refractivity contribution >= 4 is 5.82 Å². The maximum Gasteiger partial charge on any atom is 0.165 e. The van der Waals surface area contributed by atoms with Crippen molar-refractivity contribution < 1.29 is 14.2 Å². The van der Waals surface area contributed by atoms with Crippen molar-refractivity contribution in [2.24, 2.45) is 5.84 Å². The van der Waals surface area contributed by atoms with Gasteiger partial charge in [-0.05, 0) is 12.1 Å². The summed E-state index contributed by atoms with van der Waals surface area (Å²) in [5.74, 6) is 7.76. The Balaban J connectivity index is 2.52. The van der Waals surface area contributed by atoms with Crippen LogP contribution in [-0.4, -0.2) is 31.3 Å². The Morgan fingerprint density at radius 2 is 1.90 bits per heavy atom. The molecule has 0 aliphatic carbocycles. The molecule has 0 saturated heterocycles. The topological polar surface area (TPSA) is 91.5 Å². The zero-order valence-electron chi connectivity index (χ0n) is 12.2. The Hall–Kier alpha value is -2.38. The summed E-state index contributed by atoms with van der Waals surface area (Å²) < 4.78 is 15.7. The summed E-state index contributed by atoms with van der Waals surface area (Å²) in [5.41, 5.74) is 3.98. The molecule has 112 valence electrons. The molecule has 1 aromatic heterocycles. The molecule has 0 fully saturated rings. The molecule has 0 saturated carbocycles. The van der Waals surface area contributed by atoms with Crippen molar-refractivity contribution in [3.05, 3.63) is 30.0 Å². The number of anilines is 1. The lowest BCUT2D eigenvalue weighted by molar-refractivity contribution is 0.181. The van der Waals surface area contributed by atoms with Gasteiger partial charge in [-0.3, -0.25) is 0 Å². The molecule has 0 radical (unpaired) electrons. The Morgan fingerprint density at radius 3 is 2.52 bits per heavy atom. The molecule has 0 aliphatic rings. The fourth-order valence-corrected chi connectivity index (χ4v) is 1.90. The highest BCUT2D eigenvalue weighted by molar-refractivity contribution is 5.67. The van der Waals surface area contributed by atoms with E-state index >= 15 is 0 Å². The van der Waals surface area contributed by atoms with Crippen molar-refractivity contribution in [1.29, 1.82) is 0 Å². The summed E-state index contributed by atoms with van der Waals surface area (Å²) in [6.45, 7) is 0.364. The monoisotopic (exact) mass is 290 g/mol. The lowest BCUT2D eigenvalue weighted by Gasteiger charge is -2.11. The van der Waals surface area contributed by atoms with Gasteiger partial charge < -0.3 is 19.6 Å². The van der Waals surface area contributed by atoms with Gasteiger partial charge in [0.15, 0.2) is 5.82 Å². The lowest BCUT2D eigenvalue weighted by atomic mass is 10.1. The van der Waals surface area contributed by atoms with Gasteiger partial charge in [-0.15, -0.1) is 0 Å². The van der Waals surface area contributed by atoms with Crippen LogP contribution in [0.1, 0.15) is 5.69 Å². The first kappa shape index (κ1) is 15.0. The number of benzene rings is 1. The molecule has 0 amide bonds. The van der Waals surface area contributed by atoms with Gasteiger partial charge in [0.25, 0.3) is 0 Å². The van der Waals surface area contributed by atoms with E-state index in [0.29, 0.717) is 35.4 Å². The smallest absolute Gasteiger partial charge is 0.165 e. The minimum absolute atomic E-state index is 0.364. The highest BCUT2D eigenvalue weighted by Gasteiger charge is 2.12. The average molecular weight is 290 g/mol. The number of nitrogens with one attached hydrogen (secondary N) is 1. The molecule has 2 rings (SSSR count). The maximum atomic E-state index is 5.45. The van der Waals surface area contributed by atoms with Gasteiger partial charge in [-0.25, -0.2) is 15.8 Å². The van der Waals surface area contributed by atoms with Crippen molar-refractivity contribution in [3.63, 3.8) is 0 Å². The first-order valence-electron chi connectivity index (χ1n) is 6.27. The summed E-state index contributed by atoms with van der Waals surface area (Å²) in [6.07, 6.45) is 0. The fraction of sp³-hybridized carbons (Fsp3) is 0.286. The number of nitrogens with two attached hydrogens (primary N) is 1. The van der Waals surface area contributed by atoms with E-state index in [1.165, 1.54) is 0 Å². The molecule has 1 aromatic carbocycles. The summed E-state index contributed by atoms with van der Waals surface area (Å²) in [5, 5.41) is 0. The number of methoxy groups -OCH3 is 3. The molecule has 1 heterocycles. The molecule has 21 heavy (non-hydrogen) atoms. The second-order valence-electron chi connectivity index (χ2n) is 4.21. The first-order valence-corrected chi connectivity index (χ1v) is 6.27. The van der Waals surface area contributed by atoms with Crippen molar-refractivity contribution in [2.75, 3.05) is 26.8 Å². The molecule has 0 atom stereocenters. The highest BCUT2D eigenvalue weighted by atomic mass is 16.5. The molecular formula is C14H18N4O3. The van der Waals surface area contributed by atoms with Crippen LogP contribution in [0, 0.1) is 0 Å². The number of hydrogen-bond acceptors (Lipinski definition) is 7. The van der Waals surface area contributed by atoms with Gasteiger partial charge in [0, 0.05) is 19.2 Å². The van der Waals surface area contributed by atoms with E-state index in [-0.39, 0.29) is 0 Å². The standard InChI is InChI=1S/C14H18N4O3/c1-19-8-9-6-13(18-15)17-14(16-9)11-5-4-10(20-2)7-12(11)21-3/h4-7H,8,15H2,1-3H3,(H,16,17,18).